The van der Waals surface area contributed by atoms with Gasteiger partial charge in [-0.25, -0.2) is 9.98 Å². The number of hydrogen-bond donors (Lipinski definition) is 2. The number of fused-ring (bicyclic) bond motifs is 1. The molecule has 2 N–H and O–H groups in total. The van der Waals surface area contributed by atoms with Crippen molar-refractivity contribution in [3.8, 4) is 0 Å². The highest BCUT2D eigenvalue weighted by Gasteiger charge is 2.17. The predicted molar refractivity (Wildman–Crippen MR) is 128 cm³/mol. The molecule has 1 unspecified atom stereocenters. The van der Waals surface area contributed by atoms with Crippen LogP contribution in [0.15, 0.2) is 69.2 Å². The Kier molecular flexibility index (Phi) is 10.3. The normalized spacial score (nSPS) is 12.6. The van der Waals surface area contributed by atoms with E-state index < -0.39 is 0 Å². The summed E-state index contributed by atoms with van der Waals surface area (Å²) in [6.07, 6.45) is 3.96. The largest absolute Gasteiger partial charge is 0.448 e. The van der Waals surface area contributed by atoms with Crippen LogP contribution in [-0.4, -0.2) is 30.7 Å². The Morgan fingerprint density at radius 2 is 2.06 bits per heavy atom. The lowest BCUT2D eigenvalue weighted by Crippen LogP contribution is -2.19. The zero-order valence-electron chi connectivity index (χ0n) is 18.1. The number of nitrogens with one attached hydrogen (secondary N) is 2. The number of aromatic nitrogens is 1. The van der Waals surface area contributed by atoms with Gasteiger partial charge < -0.3 is 14.5 Å². The Labute approximate surface area is 192 Å². The molecule has 2 aromatic carbocycles. The molecule has 0 saturated heterocycles. The molecule has 1 atom stereocenters. The van der Waals surface area contributed by atoms with Crippen LogP contribution in [0.1, 0.15) is 36.8 Å². The van der Waals surface area contributed by atoms with Crippen molar-refractivity contribution in [1.82, 2.24) is 15.0 Å². The van der Waals surface area contributed by atoms with E-state index in [2.05, 4.69) is 20.0 Å². The molecule has 6 nitrogen and oxygen atoms in total. The maximum atomic E-state index is 10.4. The second-order valence-electron chi connectivity index (χ2n) is 6.33. The maximum Gasteiger partial charge on any atom is 0.202 e. The Morgan fingerprint density at radius 3 is 2.71 bits per heavy atom. The van der Waals surface area contributed by atoms with Crippen molar-refractivity contribution >= 4 is 41.4 Å². The number of aliphatic imine (C=N–C) groups is 1. The monoisotopic (exact) mass is 458 g/mol. The van der Waals surface area contributed by atoms with Gasteiger partial charge in [-0.1, -0.05) is 43.6 Å². The number of likely N-dealkylation sites (N-methyl/N-ethyl adjacent to an activating group) is 1. The number of aldehydes is 1. The van der Waals surface area contributed by atoms with Crippen LogP contribution in [0.2, 0.25) is 5.02 Å². The number of rotatable bonds is 5. The first-order chi connectivity index (χ1) is 15.1. The van der Waals surface area contributed by atoms with E-state index in [9.17, 15) is 4.79 Å². The van der Waals surface area contributed by atoms with Gasteiger partial charge in [-0.2, -0.15) is 0 Å². The zero-order chi connectivity index (χ0) is 22.6. The molecule has 4 rings (SSSR count). The second kappa shape index (κ2) is 12.9. The van der Waals surface area contributed by atoms with Crippen molar-refractivity contribution < 1.29 is 9.21 Å². The first-order valence-corrected chi connectivity index (χ1v) is 11.2. The summed E-state index contributed by atoms with van der Waals surface area (Å²) in [5.74, 6) is 1.18. The quantitative estimate of drug-likeness (QED) is 0.386. The van der Waals surface area contributed by atoms with Gasteiger partial charge in [0.05, 0.1) is 22.7 Å². The minimum Gasteiger partial charge on any atom is -0.448 e. The molecule has 0 spiro atoms. The number of nitrogens with zero attached hydrogens (tertiary/aromatic N) is 2. The second-order valence-corrected chi connectivity index (χ2v) is 7.61. The van der Waals surface area contributed by atoms with E-state index in [-0.39, 0.29) is 5.92 Å². The summed E-state index contributed by atoms with van der Waals surface area (Å²) < 4.78 is 8.20. The molecule has 31 heavy (non-hydrogen) atoms. The zero-order valence-corrected chi connectivity index (χ0v) is 19.6. The lowest BCUT2D eigenvalue weighted by atomic mass is 9.99. The van der Waals surface area contributed by atoms with Gasteiger partial charge in [-0.15, -0.1) is 0 Å². The van der Waals surface area contributed by atoms with Gasteiger partial charge in [0.25, 0.3) is 0 Å². The van der Waals surface area contributed by atoms with Crippen LogP contribution in [-0.2, 0) is 4.79 Å². The summed E-state index contributed by atoms with van der Waals surface area (Å²) in [7, 11) is 1.90. The van der Waals surface area contributed by atoms with E-state index >= 15 is 0 Å². The summed E-state index contributed by atoms with van der Waals surface area (Å²) in [6, 6.07) is 13.7. The Bertz CT molecular complexity index is 993. The maximum absolute atomic E-state index is 10.4. The lowest BCUT2D eigenvalue weighted by Gasteiger charge is -2.13. The van der Waals surface area contributed by atoms with E-state index in [4.69, 9.17) is 16.0 Å². The molecule has 0 radical (unpaired) electrons. The van der Waals surface area contributed by atoms with Crippen LogP contribution in [0, 0.1) is 6.92 Å². The molecule has 164 valence electrons. The standard InChI is InChI=1S/C12H13ClN2O.C9H8N2OS.C2H6/c1-14-8-11(12-15-5-6-16-12)9-3-2-4-10(13)7-9;1-6-2-3-7-8(4-6)13-11-9(5-12)10-7;1-2/h2-7,11,14H,8H2,1H3;2-5H,1H3,(H,10,11);1-2H3. The molecule has 0 bridgehead atoms. The van der Waals surface area contributed by atoms with Gasteiger partial charge in [-0.3, -0.25) is 4.79 Å². The number of carbonyl (C=O) groups excluding carboxylic acids is 1. The molecule has 1 aliphatic rings. The average Bonchev–Trinajstić information content (AvgIpc) is 3.33. The summed E-state index contributed by atoms with van der Waals surface area (Å²) in [5, 5.41) is 3.86. The Balaban J connectivity index is 0.000000208. The Hall–Kier alpha value is -2.61. The van der Waals surface area contributed by atoms with E-state index in [0.29, 0.717) is 11.7 Å². The third kappa shape index (κ3) is 7.24. The van der Waals surface area contributed by atoms with Crippen LogP contribution >= 0.6 is 23.5 Å². The van der Waals surface area contributed by atoms with Gasteiger partial charge in [0.15, 0.2) is 12.1 Å². The molecule has 2 heterocycles. The number of aryl methyl sites for hydroxylation is 1. The molecular weight excluding hydrogens is 432 g/mol. The summed E-state index contributed by atoms with van der Waals surface area (Å²) >= 11 is 7.40. The SMILES string of the molecule is CC.CNCC(c1cccc(Cl)c1)c1ncco1.Cc1ccc2c(c1)SNC(C=O)=N2. The van der Waals surface area contributed by atoms with Crippen molar-refractivity contribution in [2.45, 2.75) is 31.6 Å². The smallest absolute Gasteiger partial charge is 0.202 e. The molecule has 0 aliphatic carbocycles. The Morgan fingerprint density at radius 1 is 1.26 bits per heavy atom. The van der Waals surface area contributed by atoms with Crippen LogP contribution in [0.25, 0.3) is 0 Å². The van der Waals surface area contributed by atoms with Crippen LogP contribution in [0.3, 0.4) is 0 Å². The molecule has 1 aromatic heterocycles. The number of hydrogen-bond acceptors (Lipinski definition) is 7. The highest BCUT2D eigenvalue weighted by Crippen LogP contribution is 2.31. The number of halogens is 1. The minimum absolute atomic E-state index is 0.0960. The van der Waals surface area contributed by atoms with Crippen molar-refractivity contribution in [3.05, 3.63) is 77.0 Å². The highest BCUT2D eigenvalue weighted by molar-refractivity contribution is 7.98. The number of benzene rings is 2. The molecule has 0 amide bonds. The summed E-state index contributed by atoms with van der Waals surface area (Å²) in [4.78, 5) is 19.8. The van der Waals surface area contributed by atoms with Gasteiger partial charge in [0.2, 0.25) is 5.89 Å². The summed E-state index contributed by atoms with van der Waals surface area (Å²) in [5.41, 5.74) is 3.15. The first-order valence-electron chi connectivity index (χ1n) is 9.97. The number of carbonyl (C=O) groups is 1. The fourth-order valence-corrected chi connectivity index (χ4v) is 3.76. The molecular formula is C23H27ClN4O2S. The van der Waals surface area contributed by atoms with Gasteiger partial charge in [0.1, 0.15) is 6.26 Å². The van der Waals surface area contributed by atoms with Gasteiger partial charge in [-0.05, 0) is 61.3 Å². The molecule has 8 heteroatoms. The van der Waals surface area contributed by atoms with Crippen LogP contribution in [0.4, 0.5) is 5.69 Å². The van der Waals surface area contributed by atoms with Crippen LogP contribution in [0.5, 0.6) is 0 Å². The third-order valence-corrected chi connectivity index (χ3v) is 5.24. The van der Waals surface area contributed by atoms with Crippen molar-refractivity contribution in [1.29, 1.82) is 0 Å². The molecule has 3 aromatic rings. The van der Waals surface area contributed by atoms with Crippen molar-refractivity contribution in [2.24, 2.45) is 4.99 Å². The fourth-order valence-electron chi connectivity index (χ4n) is 2.79. The third-order valence-electron chi connectivity index (χ3n) is 4.14. The first kappa shape index (κ1) is 24.7. The van der Waals surface area contributed by atoms with Crippen molar-refractivity contribution in [2.75, 3.05) is 13.6 Å². The van der Waals surface area contributed by atoms with Crippen molar-refractivity contribution in [3.63, 3.8) is 0 Å². The van der Waals surface area contributed by atoms with E-state index in [1.165, 1.54) is 17.5 Å². The topological polar surface area (TPSA) is 79.5 Å². The average molecular weight is 459 g/mol. The van der Waals surface area contributed by atoms with E-state index in [0.717, 1.165) is 34.0 Å². The minimum atomic E-state index is 0.0960. The predicted octanol–water partition coefficient (Wildman–Crippen LogP) is 5.54. The van der Waals surface area contributed by atoms with Gasteiger partial charge >= 0.3 is 0 Å². The number of oxazole rings is 1. The van der Waals surface area contributed by atoms with Crippen LogP contribution < -0.4 is 10.0 Å². The van der Waals surface area contributed by atoms with E-state index in [1.54, 1.807) is 12.5 Å². The fraction of sp³-hybridized carbons (Fsp3) is 0.261. The molecule has 0 fully saturated rings. The highest BCUT2D eigenvalue weighted by atomic mass is 35.5. The molecule has 0 saturated carbocycles. The lowest BCUT2D eigenvalue weighted by molar-refractivity contribution is -0.102. The van der Waals surface area contributed by atoms with E-state index in [1.807, 2.05) is 70.3 Å². The summed E-state index contributed by atoms with van der Waals surface area (Å²) in [6.45, 7) is 6.79. The molecule has 1 aliphatic heterocycles. The number of amidine groups is 1. The van der Waals surface area contributed by atoms with Gasteiger partial charge in [0, 0.05) is 11.6 Å².